The molecule has 18 heavy (non-hydrogen) atoms. The first kappa shape index (κ1) is 14.5. The zero-order valence-electron chi connectivity index (χ0n) is 10.5. The van der Waals surface area contributed by atoms with Crippen LogP contribution >= 0.6 is 0 Å². The quantitative estimate of drug-likeness (QED) is 0.637. The summed E-state index contributed by atoms with van der Waals surface area (Å²) >= 11 is 0. The highest BCUT2D eigenvalue weighted by Crippen LogP contribution is 2.33. The number of carbonyl (C=O) groups excluding carboxylic acids is 2. The maximum Gasteiger partial charge on any atom is 0.333 e. The molecule has 100 valence electrons. The minimum Gasteiger partial charge on any atom is -0.479 e. The van der Waals surface area contributed by atoms with E-state index in [1.165, 1.54) is 19.0 Å². The van der Waals surface area contributed by atoms with Gasteiger partial charge in [-0.15, -0.1) is 0 Å². The van der Waals surface area contributed by atoms with Gasteiger partial charge in [0.05, 0.1) is 5.92 Å². The van der Waals surface area contributed by atoms with Gasteiger partial charge in [0, 0.05) is 0 Å². The predicted octanol–water partition coefficient (Wildman–Crippen LogP) is -0.565. The van der Waals surface area contributed by atoms with Gasteiger partial charge in [0.15, 0.2) is 17.1 Å². The van der Waals surface area contributed by atoms with Crippen LogP contribution in [-0.2, 0) is 14.4 Å². The predicted molar refractivity (Wildman–Crippen MR) is 65.0 cm³/mol. The van der Waals surface area contributed by atoms with Crippen LogP contribution in [0.5, 0.6) is 0 Å². The summed E-state index contributed by atoms with van der Waals surface area (Å²) in [5, 5.41) is 9.44. The Morgan fingerprint density at radius 1 is 1.44 bits per heavy atom. The molecular weight excluding hydrogens is 236 g/mol. The number of allylic oxidation sites excluding steroid dienone is 1. The number of carboxylic acid groups (broad SMARTS) is 1. The van der Waals surface area contributed by atoms with Crippen LogP contribution in [0.3, 0.4) is 0 Å². The van der Waals surface area contributed by atoms with Gasteiger partial charge in [-0.05, 0) is 45.6 Å². The van der Waals surface area contributed by atoms with E-state index in [4.69, 9.17) is 5.73 Å². The smallest absolute Gasteiger partial charge is 0.333 e. The third-order valence-corrected chi connectivity index (χ3v) is 3.35. The standard InChI is InChI=1S/C12H18N2O4/c1-14(2)12(11(17)18)8(4-3-7-13)9(15)5-6-10(12)16/h5-6,8H,3-4,7,13H2,1-2H3,(H,17,18)/t8?,12-/m1/s1. The van der Waals surface area contributed by atoms with E-state index in [0.717, 1.165) is 12.2 Å². The summed E-state index contributed by atoms with van der Waals surface area (Å²) in [4.78, 5) is 36.8. The lowest BCUT2D eigenvalue weighted by molar-refractivity contribution is -0.162. The molecule has 6 nitrogen and oxygen atoms in total. The van der Waals surface area contributed by atoms with E-state index in [1.807, 2.05) is 0 Å². The average Bonchev–Trinajstić information content (AvgIpc) is 2.29. The molecule has 6 heteroatoms. The molecule has 0 radical (unpaired) electrons. The van der Waals surface area contributed by atoms with Crippen LogP contribution in [0.2, 0.25) is 0 Å². The van der Waals surface area contributed by atoms with Crippen LogP contribution in [0, 0.1) is 5.92 Å². The van der Waals surface area contributed by atoms with E-state index in [2.05, 4.69) is 0 Å². The Balaban J connectivity index is 3.29. The molecule has 0 saturated carbocycles. The molecule has 0 amide bonds. The van der Waals surface area contributed by atoms with Crippen LogP contribution < -0.4 is 5.73 Å². The molecule has 0 heterocycles. The number of hydrogen-bond donors (Lipinski definition) is 2. The van der Waals surface area contributed by atoms with Gasteiger partial charge in [-0.25, -0.2) is 4.79 Å². The highest BCUT2D eigenvalue weighted by atomic mass is 16.4. The second-order valence-electron chi connectivity index (χ2n) is 4.55. The lowest BCUT2D eigenvalue weighted by Crippen LogP contribution is -2.64. The summed E-state index contributed by atoms with van der Waals surface area (Å²) in [6.07, 6.45) is 3.00. The first-order chi connectivity index (χ1) is 8.38. The summed E-state index contributed by atoms with van der Waals surface area (Å²) < 4.78 is 0. The average molecular weight is 254 g/mol. The van der Waals surface area contributed by atoms with Crippen molar-refractivity contribution in [1.82, 2.24) is 4.90 Å². The van der Waals surface area contributed by atoms with Crippen LogP contribution in [-0.4, -0.2) is 53.7 Å². The molecule has 0 aromatic heterocycles. The molecular formula is C12H18N2O4. The number of hydrogen-bond acceptors (Lipinski definition) is 5. The number of nitrogens with two attached hydrogens (primary N) is 1. The van der Waals surface area contributed by atoms with Crippen molar-refractivity contribution in [2.45, 2.75) is 18.4 Å². The Hall–Kier alpha value is -1.53. The molecule has 1 aliphatic carbocycles. The van der Waals surface area contributed by atoms with Gasteiger partial charge in [0.25, 0.3) is 0 Å². The second-order valence-corrected chi connectivity index (χ2v) is 4.55. The number of carbonyl (C=O) groups is 3. The molecule has 1 rings (SSSR count). The third-order valence-electron chi connectivity index (χ3n) is 3.35. The summed E-state index contributed by atoms with van der Waals surface area (Å²) in [6, 6.07) is 0. The van der Waals surface area contributed by atoms with E-state index in [-0.39, 0.29) is 12.2 Å². The molecule has 0 bridgehead atoms. The van der Waals surface area contributed by atoms with Crippen LogP contribution in [0.4, 0.5) is 0 Å². The van der Waals surface area contributed by atoms with Gasteiger partial charge < -0.3 is 10.8 Å². The Kier molecular flexibility index (Phi) is 4.37. The minimum atomic E-state index is -1.80. The van der Waals surface area contributed by atoms with E-state index < -0.39 is 23.2 Å². The Morgan fingerprint density at radius 2 is 2.06 bits per heavy atom. The van der Waals surface area contributed by atoms with Crippen LogP contribution in [0.1, 0.15) is 12.8 Å². The van der Waals surface area contributed by atoms with E-state index in [9.17, 15) is 19.5 Å². The monoisotopic (exact) mass is 254 g/mol. The van der Waals surface area contributed by atoms with Gasteiger partial charge >= 0.3 is 5.97 Å². The van der Waals surface area contributed by atoms with Crippen molar-refractivity contribution in [3.63, 3.8) is 0 Å². The summed E-state index contributed by atoms with van der Waals surface area (Å²) in [5.41, 5.74) is 3.59. The molecule has 0 spiro atoms. The van der Waals surface area contributed by atoms with Crippen LogP contribution in [0.15, 0.2) is 12.2 Å². The lowest BCUT2D eigenvalue weighted by atomic mass is 9.71. The van der Waals surface area contributed by atoms with Crippen LogP contribution in [0.25, 0.3) is 0 Å². The maximum absolute atomic E-state index is 12.0. The fourth-order valence-corrected chi connectivity index (χ4v) is 2.43. The normalized spacial score (nSPS) is 27.9. The first-order valence-electron chi connectivity index (χ1n) is 5.76. The van der Waals surface area contributed by atoms with E-state index in [1.54, 1.807) is 0 Å². The highest BCUT2D eigenvalue weighted by molar-refractivity contribution is 6.21. The summed E-state index contributed by atoms with van der Waals surface area (Å²) in [5.74, 6) is -3.08. The number of aliphatic carboxylic acids is 1. The Labute approximate surface area is 105 Å². The minimum absolute atomic E-state index is 0.288. The molecule has 3 N–H and O–H groups in total. The molecule has 1 unspecified atom stereocenters. The number of rotatable bonds is 5. The fourth-order valence-electron chi connectivity index (χ4n) is 2.43. The molecule has 0 saturated heterocycles. The van der Waals surface area contributed by atoms with Gasteiger partial charge in [-0.2, -0.15) is 0 Å². The lowest BCUT2D eigenvalue weighted by Gasteiger charge is -2.40. The zero-order valence-corrected chi connectivity index (χ0v) is 10.5. The molecule has 0 aliphatic heterocycles. The topological polar surface area (TPSA) is 101 Å². The van der Waals surface area contributed by atoms with Gasteiger partial charge in [-0.3, -0.25) is 14.5 Å². The number of likely N-dealkylation sites (N-methyl/N-ethyl adjacent to an activating group) is 1. The first-order valence-corrected chi connectivity index (χ1v) is 5.76. The number of carboxylic acids is 1. The van der Waals surface area contributed by atoms with Crippen molar-refractivity contribution in [2.75, 3.05) is 20.6 Å². The van der Waals surface area contributed by atoms with Crippen molar-refractivity contribution in [2.24, 2.45) is 11.7 Å². The number of ketones is 2. The van der Waals surface area contributed by atoms with Gasteiger partial charge in [0.2, 0.25) is 0 Å². The summed E-state index contributed by atoms with van der Waals surface area (Å²) in [7, 11) is 2.99. The van der Waals surface area contributed by atoms with Crippen molar-refractivity contribution in [3.8, 4) is 0 Å². The van der Waals surface area contributed by atoms with E-state index >= 15 is 0 Å². The fraction of sp³-hybridized carbons (Fsp3) is 0.583. The molecule has 0 fully saturated rings. The molecule has 2 atom stereocenters. The van der Waals surface area contributed by atoms with Crippen molar-refractivity contribution in [1.29, 1.82) is 0 Å². The molecule has 0 aromatic rings. The summed E-state index contributed by atoms with van der Waals surface area (Å²) in [6.45, 7) is 0.352. The van der Waals surface area contributed by atoms with Crippen molar-refractivity contribution >= 4 is 17.5 Å². The Morgan fingerprint density at radius 3 is 2.50 bits per heavy atom. The van der Waals surface area contributed by atoms with Crippen molar-refractivity contribution in [3.05, 3.63) is 12.2 Å². The maximum atomic E-state index is 12.0. The van der Waals surface area contributed by atoms with E-state index in [0.29, 0.717) is 13.0 Å². The largest absolute Gasteiger partial charge is 0.479 e. The van der Waals surface area contributed by atoms with Gasteiger partial charge in [0.1, 0.15) is 0 Å². The Bertz CT molecular complexity index is 403. The third kappa shape index (κ3) is 2.09. The molecule has 1 aliphatic rings. The second kappa shape index (κ2) is 5.41. The van der Waals surface area contributed by atoms with Gasteiger partial charge in [-0.1, -0.05) is 0 Å². The molecule has 0 aromatic carbocycles. The zero-order chi connectivity index (χ0) is 13.9. The SMILES string of the molecule is CN(C)[C@@]1(C(=O)O)C(=O)C=CC(=O)C1CCCN. The van der Waals surface area contributed by atoms with Crippen molar-refractivity contribution < 1.29 is 19.5 Å². The highest BCUT2D eigenvalue weighted by Gasteiger charge is 2.56. The number of nitrogens with zero attached hydrogens (tertiary/aromatic N) is 1.